The van der Waals surface area contributed by atoms with E-state index in [1.54, 1.807) is 0 Å². The van der Waals surface area contributed by atoms with Gasteiger partial charge in [-0.1, -0.05) is 194 Å². The van der Waals surface area contributed by atoms with Crippen molar-refractivity contribution in [1.29, 1.82) is 0 Å². The predicted octanol–water partition coefficient (Wildman–Crippen LogP) is 17.7. The Labute approximate surface area is 405 Å². The number of fused-ring (bicyclic) bond motifs is 7. The molecule has 1 unspecified atom stereocenters. The van der Waals surface area contributed by atoms with Crippen molar-refractivity contribution in [3.63, 3.8) is 0 Å². The smallest absolute Gasteiger partial charge is 0.140 e. The van der Waals surface area contributed by atoms with Crippen LogP contribution in [0.5, 0.6) is 0 Å². The van der Waals surface area contributed by atoms with Crippen LogP contribution in [0.25, 0.3) is 55.0 Å². The van der Waals surface area contributed by atoms with Gasteiger partial charge in [0.1, 0.15) is 11.2 Å². The third-order valence-electron chi connectivity index (χ3n) is 13.4. The van der Waals surface area contributed by atoms with Crippen LogP contribution in [0.3, 0.4) is 0 Å². The van der Waals surface area contributed by atoms with E-state index in [-0.39, 0.29) is 22.4 Å². The van der Waals surface area contributed by atoms with Crippen molar-refractivity contribution >= 4 is 66.8 Å². The van der Waals surface area contributed by atoms with Crippen molar-refractivity contribution in [2.24, 2.45) is 0 Å². The van der Waals surface area contributed by atoms with Crippen LogP contribution in [0, 0.1) is 0 Å². The van der Waals surface area contributed by atoms with Gasteiger partial charge in [0.25, 0.3) is 0 Å². The number of nitrogens with zero attached hydrogens (tertiary/aromatic N) is 2. The van der Waals surface area contributed by atoms with Crippen LogP contribution in [0.1, 0.15) is 31.8 Å². The molecule has 0 fully saturated rings. The molecule has 1 aliphatic carbocycles. The summed E-state index contributed by atoms with van der Waals surface area (Å²) in [4.78, 5) is 4.46. The quantitative estimate of drug-likeness (QED) is 0.144. The molecule has 1 aliphatic rings. The number of para-hydroxylation sites is 6. The predicted molar refractivity (Wildman–Crippen MR) is 283 cm³/mol. The molecule has 12 aromatic rings. The Morgan fingerprint density at radius 3 is 1.59 bits per heavy atom. The standard InChI is InChI=1S/C65H44N2O/c1-5-21-46(22-6-1)53-32-15-17-37-62(53)67(49-29-11-4-12-30-49)51-40-42-60-57(44-51)56-43-50(66(47-25-7-2-8-26-47)48-27-9-3-10-28-48)39-41-59(56)65(60,58-35-19-24-45-23-13-14-31-52(45)58)61-36-20-34-55-54-33-16-18-38-63(54)68-64(55)61/h1-44H/i13D,14D,19D,23D,24D,31D,35D. The fraction of sp³-hybridized carbons (Fsp3) is 0.0154. The molecule has 1 atom stereocenters. The molecule has 0 bridgehead atoms. The number of hydrogen-bond acceptors (Lipinski definition) is 3. The molecular weight excluding hydrogens is 825 g/mol. The van der Waals surface area contributed by atoms with Gasteiger partial charge in [0.05, 0.1) is 20.7 Å². The van der Waals surface area contributed by atoms with Gasteiger partial charge < -0.3 is 14.2 Å². The highest BCUT2D eigenvalue weighted by atomic mass is 16.3. The number of furan rings is 1. The first-order valence-electron chi connectivity index (χ1n) is 26.3. The van der Waals surface area contributed by atoms with Crippen LogP contribution in [0.15, 0.2) is 271 Å². The number of rotatable bonds is 9. The van der Waals surface area contributed by atoms with Gasteiger partial charge in [-0.2, -0.15) is 0 Å². The molecule has 3 heteroatoms. The van der Waals surface area contributed by atoms with Gasteiger partial charge in [0.2, 0.25) is 0 Å². The highest BCUT2D eigenvalue weighted by Gasteiger charge is 2.49. The fourth-order valence-corrected chi connectivity index (χ4v) is 10.6. The van der Waals surface area contributed by atoms with Crippen LogP contribution >= 0.6 is 0 Å². The van der Waals surface area contributed by atoms with Gasteiger partial charge in [-0.3, -0.25) is 0 Å². The van der Waals surface area contributed by atoms with E-state index in [0.717, 1.165) is 67.2 Å². The second kappa shape index (κ2) is 16.2. The summed E-state index contributed by atoms with van der Waals surface area (Å²) in [5, 5.41) is 1.58. The molecule has 0 N–H and O–H groups in total. The van der Waals surface area contributed by atoms with Gasteiger partial charge in [-0.15, -0.1) is 0 Å². The third kappa shape index (κ3) is 6.21. The lowest BCUT2D eigenvalue weighted by Crippen LogP contribution is -2.29. The molecule has 1 heterocycles. The number of benzene rings is 11. The molecule has 0 spiro atoms. The minimum Gasteiger partial charge on any atom is -0.456 e. The van der Waals surface area contributed by atoms with Gasteiger partial charge in [-0.25, -0.2) is 0 Å². The maximum absolute atomic E-state index is 10.2. The summed E-state index contributed by atoms with van der Waals surface area (Å²) in [5.41, 5.74) is 10.9. The van der Waals surface area contributed by atoms with Crippen molar-refractivity contribution < 1.29 is 14.0 Å². The van der Waals surface area contributed by atoms with Crippen LogP contribution in [0.2, 0.25) is 0 Å². The zero-order valence-electron chi connectivity index (χ0n) is 43.7. The van der Waals surface area contributed by atoms with Crippen molar-refractivity contribution in [1.82, 2.24) is 0 Å². The van der Waals surface area contributed by atoms with Crippen molar-refractivity contribution in [3.8, 4) is 22.3 Å². The SMILES string of the molecule is [2H]c1c([2H])c([2H])c2c(C3(c4cccc5c4oc4ccccc45)c4ccc(N(c5ccccc5)c5ccccc5)cc4-c4cc(N(c5ccccc5)c5ccccc5-c5ccccc5)ccc43)c([2H])c([2H])c([2H])c2c1[2H]. The van der Waals surface area contributed by atoms with Gasteiger partial charge >= 0.3 is 0 Å². The average molecular weight is 876 g/mol. The van der Waals surface area contributed by atoms with E-state index in [1.165, 1.54) is 0 Å². The summed E-state index contributed by atoms with van der Waals surface area (Å²) in [6, 6.07) is 72.6. The van der Waals surface area contributed by atoms with Crippen molar-refractivity contribution in [3.05, 3.63) is 289 Å². The minimum absolute atomic E-state index is 0.00460. The molecule has 0 aliphatic heterocycles. The zero-order valence-corrected chi connectivity index (χ0v) is 36.7. The van der Waals surface area contributed by atoms with E-state index >= 15 is 0 Å². The molecule has 13 rings (SSSR count). The summed E-state index contributed by atoms with van der Waals surface area (Å²) < 4.78 is 73.2. The molecule has 0 saturated heterocycles. The molecule has 0 saturated carbocycles. The normalized spacial score (nSPS) is 15.4. The topological polar surface area (TPSA) is 19.6 Å². The minimum atomic E-state index is -1.59. The maximum atomic E-state index is 10.2. The Bertz CT molecular complexity index is 4180. The maximum Gasteiger partial charge on any atom is 0.140 e. The van der Waals surface area contributed by atoms with E-state index in [9.17, 15) is 6.85 Å². The van der Waals surface area contributed by atoms with Crippen LogP contribution in [0.4, 0.5) is 34.1 Å². The molecule has 320 valence electrons. The summed E-state index contributed by atoms with van der Waals surface area (Å²) in [6.07, 6.45) is 0. The van der Waals surface area contributed by atoms with Crippen molar-refractivity contribution in [2.45, 2.75) is 5.41 Å². The zero-order chi connectivity index (χ0) is 51.1. The van der Waals surface area contributed by atoms with Gasteiger partial charge in [0, 0.05) is 50.3 Å². The first-order valence-corrected chi connectivity index (χ1v) is 22.8. The third-order valence-corrected chi connectivity index (χ3v) is 13.4. The summed E-state index contributed by atoms with van der Waals surface area (Å²) in [6.45, 7) is 0. The summed E-state index contributed by atoms with van der Waals surface area (Å²) in [7, 11) is 0. The van der Waals surface area contributed by atoms with E-state index in [0.29, 0.717) is 27.9 Å². The first kappa shape index (κ1) is 32.7. The second-order valence-corrected chi connectivity index (χ2v) is 17.1. The Kier molecular flexibility index (Phi) is 7.79. The summed E-state index contributed by atoms with van der Waals surface area (Å²) in [5.74, 6) is 0. The molecule has 3 nitrogen and oxygen atoms in total. The summed E-state index contributed by atoms with van der Waals surface area (Å²) >= 11 is 0. The molecular formula is C65H44N2O. The molecule has 0 radical (unpaired) electrons. The molecule has 0 amide bonds. The molecule has 68 heavy (non-hydrogen) atoms. The Morgan fingerprint density at radius 2 is 0.897 bits per heavy atom. The lowest BCUT2D eigenvalue weighted by molar-refractivity contribution is 0.649. The second-order valence-electron chi connectivity index (χ2n) is 17.1. The van der Waals surface area contributed by atoms with Crippen LogP contribution in [-0.4, -0.2) is 0 Å². The van der Waals surface area contributed by atoms with Crippen molar-refractivity contribution in [2.75, 3.05) is 9.80 Å². The van der Waals surface area contributed by atoms with E-state index in [2.05, 4.69) is 107 Å². The number of hydrogen-bond donors (Lipinski definition) is 0. The van der Waals surface area contributed by atoms with E-state index < -0.39 is 41.7 Å². The largest absolute Gasteiger partial charge is 0.456 e. The molecule has 1 aromatic heterocycles. The fourth-order valence-electron chi connectivity index (χ4n) is 10.6. The highest BCUT2D eigenvalue weighted by molar-refractivity contribution is 6.08. The van der Waals surface area contributed by atoms with Crippen LogP contribution in [-0.2, 0) is 5.41 Å². The molecule has 11 aromatic carbocycles. The average Bonchev–Trinajstić information content (AvgIpc) is 4.22. The Morgan fingerprint density at radius 1 is 0.353 bits per heavy atom. The van der Waals surface area contributed by atoms with Gasteiger partial charge in [-0.05, 0) is 117 Å². The van der Waals surface area contributed by atoms with E-state index in [4.69, 9.17) is 7.16 Å². The first-order chi connectivity index (χ1) is 36.7. The van der Waals surface area contributed by atoms with Gasteiger partial charge in [0.15, 0.2) is 0 Å². The van der Waals surface area contributed by atoms with Crippen LogP contribution < -0.4 is 9.80 Å². The lowest BCUT2D eigenvalue weighted by atomic mass is 9.66. The Hall–Kier alpha value is -8.92. The lowest BCUT2D eigenvalue weighted by Gasteiger charge is -2.35. The monoisotopic (exact) mass is 875 g/mol. The Balaban J connectivity index is 1.21. The highest BCUT2D eigenvalue weighted by Crippen LogP contribution is 2.61. The number of anilines is 6. The van der Waals surface area contributed by atoms with E-state index in [1.807, 2.05) is 127 Å².